The number of aryl methyl sites for hydroxylation is 1. The summed E-state index contributed by atoms with van der Waals surface area (Å²) < 4.78 is 7.02. The minimum atomic E-state index is -0.127. The highest BCUT2D eigenvalue weighted by Gasteiger charge is 2.33. The highest BCUT2D eigenvalue weighted by atomic mass is 79.9. The molecule has 1 aliphatic rings. The van der Waals surface area contributed by atoms with E-state index in [1.165, 1.54) is 0 Å². The third-order valence-corrected chi connectivity index (χ3v) is 5.90. The van der Waals surface area contributed by atoms with Crippen LogP contribution in [0.2, 0.25) is 0 Å². The second-order valence-corrected chi connectivity index (χ2v) is 8.79. The quantitative estimate of drug-likeness (QED) is 0.425. The molecule has 1 aliphatic heterocycles. The zero-order valence-corrected chi connectivity index (χ0v) is 19.6. The van der Waals surface area contributed by atoms with Crippen LogP contribution < -0.4 is 4.74 Å². The highest BCUT2D eigenvalue weighted by molar-refractivity contribution is 9.10. The van der Waals surface area contributed by atoms with Gasteiger partial charge in [-0.05, 0) is 68.3 Å². The van der Waals surface area contributed by atoms with Crippen molar-refractivity contribution in [2.75, 3.05) is 13.1 Å². The van der Waals surface area contributed by atoms with Crippen molar-refractivity contribution in [1.29, 1.82) is 0 Å². The van der Waals surface area contributed by atoms with Gasteiger partial charge in [-0.3, -0.25) is 9.69 Å². The van der Waals surface area contributed by atoms with Crippen molar-refractivity contribution in [1.82, 2.24) is 4.90 Å². The fourth-order valence-electron chi connectivity index (χ4n) is 3.74. The second-order valence-electron chi connectivity index (χ2n) is 7.87. The van der Waals surface area contributed by atoms with Crippen molar-refractivity contribution >= 4 is 27.8 Å². The molecule has 0 fully saturated rings. The van der Waals surface area contributed by atoms with E-state index in [-0.39, 0.29) is 11.5 Å². The highest BCUT2D eigenvalue weighted by Crippen LogP contribution is 2.42. The molecule has 160 valence electrons. The van der Waals surface area contributed by atoms with Gasteiger partial charge in [0.15, 0.2) is 5.76 Å². The normalized spacial score (nSPS) is 14.4. The van der Waals surface area contributed by atoms with E-state index in [1.54, 1.807) is 12.1 Å². The second kappa shape index (κ2) is 10.3. The fourth-order valence-corrected chi connectivity index (χ4v) is 4.15. The summed E-state index contributed by atoms with van der Waals surface area (Å²) in [4.78, 5) is 15.4. The minimum Gasteiger partial charge on any atom is -0.507 e. The van der Waals surface area contributed by atoms with Gasteiger partial charge in [-0.15, -0.1) is 0 Å². The summed E-state index contributed by atoms with van der Waals surface area (Å²) in [7, 11) is 0. The number of hydrogen-bond donors (Lipinski definition) is 1. The summed E-state index contributed by atoms with van der Waals surface area (Å²) in [6, 6.07) is 9.42. The van der Waals surface area contributed by atoms with Crippen molar-refractivity contribution in [2.24, 2.45) is 0 Å². The van der Waals surface area contributed by atoms with E-state index < -0.39 is 0 Å². The molecule has 30 heavy (non-hydrogen) atoms. The molecule has 0 bridgehead atoms. The number of unbranched alkanes of at least 4 members (excludes halogenated alkanes) is 2. The summed E-state index contributed by atoms with van der Waals surface area (Å²) in [6.07, 6.45) is 6.21. The van der Waals surface area contributed by atoms with Gasteiger partial charge in [-0.1, -0.05) is 54.8 Å². The lowest BCUT2D eigenvalue weighted by molar-refractivity contribution is 0.101. The Morgan fingerprint density at radius 2 is 1.83 bits per heavy atom. The lowest BCUT2D eigenvalue weighted by atomic mass is 9.99. The molecule has 4 nitrogen and oxygen atoms in total. The molecule has 0 aliphatic carbocycles. The number of rotatable bonds is 9. The number of carbonyl (C=O) groups excluding carboxylic acids is 1. The summed E-state index contributed by atoms with van der Waals surface area (Å²) in [5.41, 5.74) is 2.89. The first-order valence-corrected chi connectivity index (χ1v) is 11.5. The number of ketones is 1. The third kappa shape index (κ3) is 5.13. The largest absolute Gasteiger partial charge is 0.507 e. The molecule has 2 aromatic carbocycles. The van der Waals surface area contributed by atoms with Gasteiger partial charge in [0.05, 0.1) is 11.1 Å². The first-order chi connectivity index (χ1) is 14.4. The number of carbonyl (C=O) groups is 1. The van der Waals surface area contributed by atoms with Crippen molar-refractivity contribution in [3.05, 3.63) is 62.8 Å². The van der Waals surface area contributed by atoms with E-state index in [0.717, 1.165) is 54.4 Å². The molecule has 0 amide bonds. The maximum Gasteiger partial charge on any atom is 0.232 e. The van der Waals surface area contributed by atoms with Crippen LogP contribution in [0, 0.1) is 6.92 Å². The predicted molar refractivity (Wildman–Crippen MR) is 125 cm³/mol. The molecule has 1 heterocycles. The van der Waals surface area contributed by atoms with Crippen LogP contribution >= 0.6 is 15.9 Å². The average molecular weight is 472 g/mol. The Hall–Kier alpha value is -2.11. The number of hydrogen-bond acceptors (Lipinski definition) is 4. The van der Waals surface area contributed by atoms with E-state index in [2.05, 4.69) is 34.7 Å². The van der Waals surface area contributed by atoms with Gasteiger partial charge >= 0.3 is 0 Å². The van der Waals surface area contributed by atoms with Crippen LogP contribution in [0.4, 0.5) is 0 Å². The Morgan fingerprint density at radius 1 is 1.13 bits per heavy atom. The maximum atomic E-state index is 13.1. The van der Waals surface area contributed by atoms with E-state index in [0.29, 0.717) is 29.2 Å². The Morgan fingerprint density at radius 3 is 2.47 bits per heavy atom. The van der Waals surface area contributed by atoms with Crippen LogP contribution in [0.25, 0.3) is 6.08 Å². The van der Waals surface area contributed by atoms with Crippen LogP contribution in [0.1, 0.15) is 66.6 Å². The molecule has 0 unspecified atom stereocenters. The van der Waals surface area contributed by atoms with Crippen LogP contribution in [-0.4, -0.2) is 28.9 Å². The van der Waals surface area contributed by atoms with Gasteiger partial charge in [0.25, 0.3) is 0 Å². The fraction of sp³-hybridized carbons (Fsp3) is 0.400. The lowest BCUT2D eigenvalue weighted by Crippen LogP contribution is -2.26. The topological polar surface area (TPSA) is 49.8 Å². The average Bonchev–Trinajstić information content (AvgIpc) is 3.03. The molecule has 5 heteroatoms. The molecular formula is C25H30BrNO3. The van der Waals surface area contributed by atoms with Gasteiger partial charge in [0, 0.05) is 11.0 Å². The van der Waals surface area contributed by atoms with E-state index in [1.807, 2.05) is 31.2 Å². The smallest absolute Gasteiger partial charge is 0.232 e. The van der Waals surface area contributed by atoms with Gasteiger partial charge in [-0.25, -0.2) is 0 Å². The van der Waals surface area contributed by atoms with Crippen molar-refractivity contribution < 1.29 is 14.6 Å². The number of aromatic hydroxyl groups is 1. The molecule has 0 radical (unpaired) electrons. The molecule has 0 aromatic heterocycles. The first kappa shape index (κ1) is 22.6. The predicted octanol–water partition coefficient (Wildman–Crippen LogP) is 6.48. The number of ether oxygens (including phenoxy) is 1. The number of phenolic OH excluding ortho intramolecular Hbond substituents is 1. The Bertz CT molecular complexity index is 944. The number of fused-ring (bicyclic) bond motifs is 1. The van der Waals surface area contributed by atoms with Gasteiger partial charge in [0.2, 0.25) is 5.78 Å². The number of allylic oxidation sites excluding steroid dienone is 1. The van der Waals surface area contributed by atoms with Crippen molar-refractivity contribution in [2.45, 2.75) is 53.0 Å². The standard InChI is InChI=1S/C25H30BrNO3/c1-4-6-11-27(12-7-5-2)16-20-21(28)13-17(3)23-24(29)22(30-25(20)23)15-18-9-8-10-19(26)14-18/h8-10,13-15,28H,4-7,11-12,16H2,1-3H3/b22-15+. The van der Waals surface area contributed by atoms with Crippen LogP contribution in [0.3, 0.4) is 0 Å². The minimum absolute atomic E-state index is 0.127. The monoisotopic (exact) mass is 471 g/mol. The zero-order valence-electron chi connectivity index (χ0n) is 18.0. The number of phenols is 1. The molecular weight excluding hydrogens is 442 g/mol. The summed E-state index contributed by atoms with van der Waals surface area (Å²) in [5, 5.41) is 10.7. The van der Waals surface area contributed by atoms with E-state index in [9.17, 15) is 9.90 Å². The van der Waals surface area contributed by atoms with Crippen molar-refractivity contribution in [3.8, 4) is 11.5 Å². The van der Waals surface area contributed by atoms with Gasteiger partial charge in [-0.2, -0.15) is 0 Å². The van der Waals surface area contributed by atoms with Gasteiger partial charge < -0.3 is 9.84 Å². The zero-order chi connectivity index (χ0) is 21.7. The van der Waals surface area contributed by atoms with Crippen LogP contribution in [0.15, 0.2) is 40.6 Å². The molecule has 0 saturated carbocycles. The molecule has 1 N–H and O–H groups in total. The van der Waals surface area contributed by atoms with Gasteiger partial charge in [0.1, 0.15) is 11.5 Å². The molecule has 0 atom stereocenters. The summed E-state index contributed by atoms with van der Waals surface area (Å²) >= 11 is 3.46. The van der Waals surface area contributed by atoms with E-state index in [4.69, 9.17) is 4.74 Å². The summed E-state index contributed by atoms with van der Waals surface area (Å²) in [5.74, 6) is 0.876. The van der Waals surface area contributed by atoms with Crippen LogP contribution in [-0.2, 0) is 6.54 Å². The molecule has 2 aromatic rings. The molecule has 3 rings (SSSR count). The van der Waals surface area contributed by atoms with Crippen molar-refractivity contribution in [3.63, 3.8) is 0 Å². The number of halogens is 1. The maximum absolute atomic E-state index is 13.1. The molecule has 0 saturated heterocycles. The Kier molecular flexibility index (Phi) is 7.73. The first-order valence-electron chi connectivity index (χ1n) is 10.7. The lowest BCUT2D eigenvalue weighted by Gasteiger charge is -2.23. The van der Waals surface area contributed by atoms with Crippen LogP contribution in [0.5, 0.6) is 11.5 Å². The number of benzene rings is 2. The Balaban J connectivity index is 1.95. The molecule has 0 spiro atoms. The van der Waals surface area contributed by atoms with E-state index >= 15 is 0 Å². The third-order valence-electron chi connectivity index (χ3n) is 5.40. The number of nitrogens with zero attached hydrogens (tertiary/aromatic N) is 1. The SMILES string of the molecule is CCCCN(CCCC)Cc1c(O)cc(C)c2c1O/C(=C/c1cccc(Br)c1)C2=O. The number of Topliss-reactive ketones (excluding diaryl/α,β-unsaturated/α-hetero) is 1. The Labute approximate surface area is 187 Å². The summed E-state index contributed by atoms with van der Waals surface area (Å²) in [6.45, 7) is 8.71.